The van der Waals surface area contributed by atoms with Crippen LogP contribution in [-0.2, 0) is 14.6 Å². The molecule has 1 amide bonds. The first kappa shape index (κ1) is 19.0. The summed E-state index contributed by atoms with van der Waals surface area (Å²) in [5.41, 5.74) is 1.27. The van der Waals surface area contributed by atoms with Crippen molar-refractivity contribution in [2.75, 3.05) is 5.75 Å². The van der Waals surface area contributed by atoms with Crippen LogP contribution in [0, 0.1) is 30.1 Å². The second kappa shape index (κ2) is 6.91. The Labute approximate surface area is 163 Å². The molecule has 5 rings (SSSR count). The first-order valence-corrected chi connectivity index (χ1v) is 12.0. The summed E-state index contributed by atoms with van der Waals surface area (Å²) >= 11 is 0. The van der Waals surface area contributed by atoms with Crippen LogP contribution in [0.5, 0.6) is 0 Å². The third-order valence-electron chi connectivity index (χ3n) is 7.36. The Morgan fingerprint density at radius 2 is 1.59 bits per heavy atom. The van der Waals surface area contributed by atoms with Crippen molar-refractivity contribution in [3.63, 3.8) is 0 Å². The zero-order chi connectivity index (χ0) is 19.2. The molecule has 4 bridgehead atoms. The molecule has 1 N–H and O–H groups in total. The molecule has 0 heterocycles. The van der Waals surface area contributed by atoms with Crippen LogP contribution in [0.15, 0.2) is 29.2 Å². The monoisotopic (exact) mass is 389 g/mol. The van der Waals surface area contributed by atoms with Crippen molar-refractivity contribution in [2.45, 2.75) is 69.7 Å². The molecular formula is C22H31NO3S. The van der Waals surface area contributed by atoms with E-state index in [0.717, 1.165) is 23.3 Å². The van der Waals surface area contributed by atoms with Crippen LogP contribution in [0.4, 0.5) is 0 Å². The highest BCUT2D eigenvalue weighted by Gasteiger charge is 2.53. The molecule has 1 aromatic carbocycles. The molecule has 1 atom stereocenters. The Hall–Kier alpha value is -1.36. The fraction of sp³-hybridized carbons (Fsp3) is 0.682. The predicted octanol–water partition coefficient (Wildman–Crippen LogP) is 3.88. The molecule has 0 aromatic heterocycles. The van der Waals surface area contributed by atoms with E-state index < -0.39 is 9.84 Å². The maximum absolute atomic E-state index is 12.5. The molecule has 4 nitrogen and oxygen atoms in total. The number of aryl methyl sites for hydroxylation is 1. The molecule has 1 aromatic rings. The quantitative estimate of drug-likeness (QED) is 0.803. The molecule has 27 heavy (non-hydrogen) atoms. The fourth-order valence-electron chi connectivity index (χ4n) is 6.27. The molecular weight excluding hydrogens is 358 g/mol. The van der Waals surface area contributed by atoms with Crippen molar-refractivity contribution in [3.8, 4) is 0 Å². The van der Waals surface area contributed by atoms with Gasteiger partial charge in [-0.05, 0) is 87.7 Å². The van der Waals surface area contributed by atoms with Crippen molar-refractivity contribution in [3.05, 3.63) is 29.8 Å². The van der Waals surface area contributed by atoms with Crippen molar-refractivity contribution in [2.24, 2.45) is 23.2 Å². The Balaban J connectivity index is 1.35. The highest BCUT2D eigenvalue weighted by molar-refractivity contribution is 7.91. The summed E-state index contributed by atoms with van der Waals surface area (Å²) in [6.07, 6.45) is 7.90. The molecule has 148 valence electrons. The molecule has 0 spiro atoms. The molecule has 4 aliphatic carbocycles. The van der Waals surface area contributed by atoms with Gasteiger partial charge in [0.15, 0.2) is 9.84 Å². The number of rotatable bonds is 6. The summed E-state index contributed by atoms with van der Waals surface area (Å²) in [7, 11) is -3.41. The number of benzene rings is 1. The Kier molecular flexibility index (Phi) is 4.86. The Bertz CT molecular complexity index is 777. The fourth-order valence-corrected chi connectivity index (χ4v) is 7.51. The van der Waals surface area contributed by atoms with Crippen LogP contribution in [0.2, 0.25) is 0 Å². The number of amides is 1. The third kappa shape index (κ3) is 3.80. The van der Waals surface area contributed by atoms with Gasteiger partial charge >= 0.3 is 0 Å². The van der Waals surface area contributed by atoms with Crippen LogP contribution in [0.1, 0.15) is 57.4 Å². The number of carbonyl (C=O) groups is 1. The second-order valence-corrected chi connectivity index (χ2v) is 11.6. The van der Waals surface area contributed by atoms with E-state index in [1.54, 1.807) is 24.3 Å². The van der Waals surface area contributed by atoms with Crippen LogP contribution >= 0.6 is 0 Å². The number of carbonyl (C=O) groups excluding carboxylic acids is 1. The molecule has 0 saturated heterocycles. The molecule has 0 aliphatic heterocycles. The van der Waals surface area contributed by atoms with E-state index in [9.17, 15) is 13.2 Å². The average Bonchev–Trinajstić information content (AvgIpc) is 2.59. The van der Waals surface area contributed by atoms with E-state index in [1.807, 2.05) is 6.92 Å². The number of sulfone groups is 1. The number of hydrogen-bond acceptors (Lipinski definition) is 3. The minimum Gasteiger partial charge on any atom is -0.353 e. The summed E-state index contributed by atoms with van der Waals surface area (Å²) in [5, 5.41) is 3.17. The normalized spacial score (nSPS) is 33.0. The largest absolute Gasteiger partial charge is 0.353 e. The Morgan fingerprint density at radius 3 is 2.11 bits per heavy atom. The summed E-state index contributed by atoms with van der Waals surface area (Å²) in [5.74, 6) is 2.27. The van der Waals surface area contributed by atoms with Crippen molar-refractivity contribution in [1.29, 1.82) is 0 Å². The van der Waals surface area contributed by atoms with Gasteiger partial charge in [-0.15, -0.1) is 0 Å². The van der Waals surface area contributed by atoms with Crippen molar-refractivity contribution >= 4 is 15.7 Å². The molecule has 0 unspecified atom stereocenters. The van der Waals surface area contributed by atoms with Gasteiger partial charge in [0.1, 0.15) is 0 Å². The van der Waals surface area contributed by atoms with Crippen LogP contribution < -0.4 is 5.32 Å². The first-order valence-electron chi connectivity index (χ1n) is 10.3. The number of hydrogen-bond donors (Lipinski definition) is 1. The Morgan fingerprint density at radius 1 is 1.07 bits per heavy atom. The maximum atomic E-state index is 12.5. The highest BCUT2D eigenvalue weighted by Crippen LogP contribution is 2.61. The zero-order valence-electron chi connectivity index (χ0n) is 16.4. The molecule has 0 radical (unpaired) electrons. The highest BCUT2D eigenvalue weighted by atomic mass is 32.2. The SMILES string of the molecule is Cc1ccc(S(=O)(=O)CCC(=O)N[C@@H](C)C23CC4CC(CC(C4)C2)C3)cc1. The second-order valence-electron chi connectivity index (χ2n) is 9.45. The van der Waals surface area contributed by atoms with E-state index in [4.69, 9.17) is 0 Å². The minimum absolute atomic E-state index is 0.0346. The van der Waals surface area contributed by atoms with Gasteiger partial charge < -0.3 is 5.32 Å². The van der Waals surface area contributed by atoms with Gasteiger partial charge in [0.2, 0.25) is 5.91 Å². The van der Waals surface area contributed by atoms with Gasteiger partial charge in [-0.2, -0.15) is 0 Å². The topological polar surface area (TPSA) is 63.2 Å². The number of nitrogens with one attached hydrogen (secondary N) is 1. The van der Waals surface area contributed by atoms with Crippen molar-refractivity contribution < 1.29 is 13.2 Å². The maximum Gasteiger partial charge on any atom is 0.221 e. The summed E-state index contributed by atoms with van der Waals surface area (Å²) in [4.78, 5) is 12.8. The van der Waals surface area contributed by atoms with E-state index >= 15 is 0 Å². The summed E-state index contributed by atoms with van der Waals surface area (Å²) < 4.78 is 25.0. The van der Waals surface area contributed by atoms with E-state index in [0.29, 0.717) is 4.90 Å². The lowest BCUT2D eigenvalue weighted by Gasteiger charge is -2.59. The predicted molar refractivity (Wildman–Crippen MR) is 106 cm³/mol. The van der Waals surface area contributed by atoms with Crippen LogP contribution in [0.25, 0.3) is 0 Å². The first-order chi connectivity index (χ1) is 12.8. The molecule has 4 saturated carbocycles. The average molecular weight is 390 g/mol. The lowest BCUT2D eigenvalue weighted by molar-refractivity contribution is -0.125. The third-order valence-corrected chi connectivity index (χ3v) is 9.09. The van der Waals surface area contributed by atoms with Gasteiger partial charge in [-0.3, -0.25) is 4.79 Å². The van der Waals surface area contributed by atoms with Crippen LogP contribution in [-0.4, -0.2) is 26.1 Å². The zero-order valence-corrected chi connectivity index (χ0v) is 17.2. The smallest absolute Gasteiger partial charge is 0.221 e. The lowest BCUT2D eigenvalue weighted by atomic mass is 9.48. The van der Waals surface area contributed by atoms with Gasteiger partial charge in [0.25, 0.3) is 0 Å². The van der Waals surface area contributed by atoms with Crippen molar-refractivity contribution in [1.82, 2.24) is 5.32 Å². The van der Waals surface area contributed by atoms with E-state index in [-0.39, 0.29) is 29.5 Å². The minimum atomic E-state index is -3.41. The van der Waals surface area contributed by atoms with E-state index in [2.05, 4.69) is 12.2 Å². The molecule has 4 aliphatic rings. The van der Waals surface area contributed by atoms with Gasteiger partial charge in [-0.25, -0.2) is 8.42 Å². The molecule has 4 fully saturated rings. The van der Waals surface area contributed by atoms with Gasteiger partial charge in [0, 0.05) is 12.5 Å². The van der Waals surface area contributed by atoms with Gasteiger partial charge in [-0.1, -0.05) is 17.7 Å². The summed E-state index contributed by atoms with van der Waals surface area (Å²) in [6.45, 7) is 4.06. The van der Waals surface area contributed by atoms with E-state index in [1.165, 1.54) is 38.5 Å². The molecule has 5 heteroatoms. The van der Waals surface area contributed by atoms with Crippen LogP contribution in [0.3, 0.4) is 0 Å². The summed E-state index contributed by atoms with van der Waals surface area (Å²) in [6, 6.07) is 6.98. The van der Waals surface area contributed by atoms with Gasteiger partial charge in [0.05, 0.1) is 10.6 Å². The standard InChI is InChI=1S/C22H31NO3S/c1-15-3-5-20(6-4-15)27(25,26)8-7-21(24)23-16(2)22-12-17-9-18(13-22)11-19(10-17)14-22/h3-6,16-19H,7-14H2,1-2H3,(H,23,24)/t16-,17?,18?,19?,22?/m0/s1. The lowest BCUT2D eigenvalue weighted by Crippen LogP contribution is -2.55.